The van der Waals surface area contributed by atoms with Gasteiger partial charge in [-0.15, -0.1) is 0 Å². The Morgan fingerprint density at radius 3 is 2.38 bits per heavy atom. The van der Waals surface area contributed by atoms with E-state index in [-0.39, 0.29) is 5.91 Å². The molecular weight excluding hydrogens is 166 g/mol. The van der Waals surface area contributed by atoms with Crippen LogP contribution >= 0.6 is 0 Å². The number of Topliss-reactive ketones (excluding diaryl/α,β-unsaturated/α-hetero) is 1. The van der Waals surface area contributed by atoms with Gasteiger partial charge in [-0.2, -0.15) is 0 Å². The van der Waals surface area contributed by atoms with Crippen LogP contribution in [0.25, 0.3) is 0 Å². The van der Waals surface area contributed by atoms with Crippen LogP contribution in [0.5, 0.6) is 0 Å². The van der Waals surface area contributed by atoms with E-state index in [0.29, 0.717) is 31.1 Å². The molecule has 0 aromatic rings. The largest absolute Gasteiger partial charge is 0.356 e. The molecule has 0 saturated heterocycles. The predicted molar refractivity (Wildman–Crippen MR) is 52.4 cm³/mol. The van der Waals surface area contributed by atoms with Gasteiger partial charge in [0, 0.05) is 26.3 Å². The van der Waals surface area contributed by atoms with E-state index in [1.807, 2.05) is 13.8 Å². The number of rotatable bonds is 6. The molecule has 0 fully saturated rings. The average molecular weight is 185 g/mol. The molecule has 0 bridgehead atoms. The summed E-state index contributed by atoms with van der Waals surface area (Å²) in [6, 6.07) is 0. The van der Waals surface area contributed by atoms with Gasteiger partial charge in [0.25, 0.3) is 0 Å². The number of hydrogen-bond acceptors (Lipinski definition) is 2. The van der Waals surface area contributed by atoms with Crippen LogP contribution in [0, 0.1) is 5.92 Å². The second kappa shape index (κ2) is 6.63. The number of ketones is 1. The molecule has 0 spiro atoms. The van der Waals surface area contributed by atoms with Crippen LogP contribution in [0.1, 0.15) is 40.0 Å². The van der Waals surface area contributed by atoms with Gasteiger partial charge >= 0.3 is 0 Å². The average Bonchev–Trinajstić information content (AvgIpc) is 1.96. The normalized spacial score (nSPS) is 10.2. The summed E-state index contributed by atoms with van der Waals surface area (Å²) in [6.45, 7) is 6.16. The summed E-state index contributed by atoms with van der Waals surface area (Å²) >= 11 is 0. The van der Waals surface area contributed by atoms with Gasteiger partial charge in [0.15, 0.2) is 0 Å². The molecule has 0 atom stereocenters. The summed E-state index contributed by atoms with van der Waals surface area (Å²) in [7, 11) is 0. The van der Waals surface area contributed by atoms with Crippen molar-refractivity contribution in [1.29, 1.82) is 0 Å². The predicted octanol–water partition coefficient (Wildman–Crippen LogP) is 1.52. The fourth-order valence-electron chi connectivity index (χ4n) is 1.11. The zero-order chi connectivity index (χ0) is 10.3. The third-order valence-electron chi connectivity index (χ3n) is 1.64. The van der Waals surface area contributed by atoms with Crippen molar-refractivity contribution in [2.75, 3.05) is 6.54 Å². The maximum absolute atomic E-state index is 11.2. The summed E-state index contributed by atoms with van der Waals surface area (Å²) < 4.78 is 0. The fourth-order valence-corrected chi connectivity index (χ4v) is 1.11. The quantitative estimate of drug-likeness (QED) is 0.638. The van der Waals surface area contributed by atoms with Crippen LogP contribution in [0.3, 0.4) is 0 Å². The minimum absolute atomic E-state index is 0.0312. The van der Waals surface area contributed by atoms with Gasteiger partial charge < -0.3 is 5.32 Å². The molecular formula is C10H19NO2. The molecule has 0 saturated carbocycles. The van der Waals surface area contributed by atoms with Crippen molar-refractivity contribution < 1.29 is 9.59 Å². The van der Waals surface area contributed by atoms with E-state index in [0.717, 1.165) is 6.42 Å². The smallest absolute Gasteiger partial charge is 0.216 e. The SMILES string of the molecule is CC(=O)NCCCC(=O)CC(C)C. The van der Waals surface area contributed by atoms with Gasteiger partial charge in [-0.05, 0) is 12.3 Å². The molecule has 0 aromatic carbocycles. The minimum atomic E-state index is -0.0312. The maximum atomic E-state index is 11.2. The Morgan fingerprint density at radius 1 is 1.31 bits per heavy atom. The number of carbonyl (C=O) groups is 2. The van der Waals surface area contributed by atoms with Crippen molar-refractivity contribution >= 4 is 11.7 Å². The zero-order valence-corrected chi connectivity index (χ0v) is 8.72. The topological polar surface area (TPSA) is 46.2 Å². The third-order valence-corrected chi connectivity index (χ3v) is 1.64. The number of amides is 1. The molecule has 1 N–H and O–H groups in total. The molecule has 0 rings (SSSR count). The van der Waals surface area contributed by atoms with Crippen molar-refractivity contribution in [2.24, 2.45) is 5.92 Å². The Balaban J connectivity index is 3.32. The van der Waals surface area contributed by atoms with E-state index >= 15 is 0 Å². The lowest BCUT2D eigenvalue weighted by Crippen LogP contribution is -2.21. The minimum Gasteiger partial charge on any atom is -0.356 e. The highest BCUT2D eigenvalue weighted by molar-refractivity contribution is 5.78. The molecule has 3 heteroatoms. The van der Waals surface area contributed by atoms with Gasteiger partial charge in [0.05, 0.1) is 0 Å². The van der Waals surface area contributed by atoms with Crippen LogP contribution in [-0.2, 0) is 9.59 Å². The lowest BCUT2D eigenvalue weighted by Gasteiger charge is -2.04. The third kappa shape index (κ3) is 9.05. The Morgan fingerprint density at radius 2 is 1.92 bits per heavy atom. The zero-order valence-electron chi connectivity index (χ0n) is 8.72. The van der Waals surface area contributed by atoms with E-state index in [4.69, 9.17) is 0 Å². The highest BCUT2D eigenvalue weighted by Gasteiger charge is 2.04. The lowest BCUT2D eigenvalue weighted by atomic mass is 10.0. The summed E-state index contributed by atoms with van der Waals surface area (Å²) in [4.78, 5) is 21.7. The van der Waals surface area contributed by atoms with E-state index in [1.165, 1.54) is 6.92 Å². The van der Waals surface area contributed by atoms with Gasteiger partial charge in [-0.25, -0.2) is 0 Å². The number of carbonyl (C=O) groups excluding carboxylic acids is 2. The van der Waals surface area contributed by atoms with Gasteiger partial charge in [-0.3, -0.25) is 9.59 Å². The van der Waals surface area contributed by atoms with Crippen molar-refractivity contribution in [3.63, 3.8) is 0 Å². The molecule has 0 aliphatic heterocycles. The highest BCUT2D eigenvalue weighted by Crippen LogP contribution is 2.03. The lowest BCUT2D eigenvalue weighted by molar-refractivity contribution is -0.121. The Hall–Kier alpha value is -0.860. The van der Waals surface area contributed by atoms with Gasteiger partial charge in [-0.1, -0.05) is 13.8 Å². The van der Waals surface area contributed by atoms with Crippen LogP contribution < -0.4 is 5.32 Å². The molecule has 0 aromatic heterocycles. The monoisotopic (exact) mass is 185 g/mol. The van der Waals surface area contributed by atoms with E-state index < -0.39 is 0 Å². The first-order valence-electron chi connectivity index (χ1n) is 4.78. The second-order valence-corrected chi connectivity index (χ2v) is 3.72. The Labute approximate surface area is 79.9 Å². The van der Waals surface area contributed by atoms with Crippen molar-refractivity contribution in [3.8, 4) is 0 Å². The van der Waals surface area contributed by atoms with Crippen molar-refractivity contribution in [3.05, 3.63) is 0 Å². The molecule has 76 valence electrons. The second-order valence-electron chi connectivity index (χ2n) is 3.72. The van der Waals surface area contributed by atoms with Crippen LogP contribution in [0.4, 0.5) is 0 Å². The maximum Gasteiger partial charge on any atom is 0.216 e. The summed E-state index contributed by atoms with van der Waals surface area (Å²) in [5.74, 6) is 0.699. The first-order valence-corrected chi connectivity index (χ1v) is 4.78. The van der Waals surface area contributed by atoms with Crippen molar-refractivity contribution in [2.45, 2.75) is 40.0 Å². The van der Waals surface area contributed by atoms with Gasteiger partial charge in [0.2, 0.25) is 5.91 Å². The highest BCUT2D eigenvalue weighted by atomic mass is 16.1. The molecule has 0 aliphatic carbocycles. The van der Waals surface area contributed by atoms with Crippen molar-refractivity contribution in [1.82, 2.24) is 5.32 Å². The fraction of sp³-hybridized carbons (Fsp3) is 0.800. The van der Waals surface area contributed by atoms with E-state index in [9.17, 15) is 9.59 Å². The van der Waals surface area contributed by atoms with Crippen LogP contribution in [0.2, 0.25) is 0 Å². The molecule has 0 heterocycles. The molecule has 1 amide bonds. The Bertz CT molecular complexity index is 176. The van der Waals surface area contributed by atoms with E-state index in [2.05, 4.69) is 5.32 Å². The first-order chi connectivity index (χ1) is 6.02. The molecule has 0 unspecified atom stereocenters. The van der Waals surface area contributed by atoms with Crippen LogP contribution in [-0.4, -0.2) is 18.2 Å². The number of hydrogen-bond donors (Lipinski definition) is 1. The molecule has 3 nitrogen and oxygen atoms in total. The summed E-state index contributed by atoms with van der Waals surface area (Å²) in [6.07, 6.45) is 1.99. The molecule has 0 radical (unpaired) electrons. The summed E-state index contributed by atoms with van der Waals surface area (Å²) in [5, 5.41) is 2.66. The standard InChI is InChI=1S/C10H19NO2/c1-8(2)7-10(13)5-4-6-11-9(3)12/h8H,4-7H2,1-3H3,(H,11,12). The number of nitrogens with one attached hydrogen (secondary N) is 1. The first kappa shape index (κ1) is 12.1. The molecule has 0 aliphatic rings. The molecule has 13 heavy (non-hydrogen) atoms. The van der Waals surface area contributed by atoms with Gasteiger partial charge in [0.1, 0.15) is 5.78 Å². The summed E-state index contributed by atoms with van der Waals surface area (Å²) in [5.41, 5.74) is 0. The Kier molecular flexibility index (Phi) is 6.20. The van der Waals surface area contributed by atoms with E-state index in [1.54, 1.807) is 0 Å². The van der Waals surface area contributed by atoms with Crippen LogP contribution in [0.15, 0.2) is 0 Å².